The second kappa shape index (κ2) is 7.33. The first-order chi connectivity index (χ1) is 9.66. The van der Waals surface area contributed by atoms with Crippen molar-refractivity contribution in [3.05, 3.63) is 44.0 Å². The summed E-state index contributed by atoms with van der Waals surface area (Å²) in [5.41, 5.74) is 3.82. The van der Waals surface area contributed by atoms with Crippen LogP contribution in [-0.4, -0.2) is 22.7 Å². The Kier molecular flexibility index (Phi) is 5.46. The van der Waals surface area contributed by atoms with E-state index < -0.39 is 5.97 Å². The molecule has 106 valence electrons. The maximum absolute atomic E-state index is 10.5. The summed E-state index contributed by atoms with van der Waals surface area (Å²) < 4.78 is 5.66. The van der Waals surface area contributed by atoms with Crippen LogP contribution in [0.15, 0.2) is 23.0 Å². The lowest BCUT2D eigenvalue weighted by Crippen LogP contribution is -1.98. The van der Waals surface area contributed by atoms with Gasteiger partial charge in [0.25, 0.3) is 0 Å². The molecule has 0 amide bonds. The number of hydrogen-bond acceptors (Lipinski definition) is 5. The Morgan fingerprint density at radius 3 is 3.00 bits per heavy atom. The molecule has 0 aliphatic carbocycles. The molecular weight excluding hydrogens is 294 g/mol. The highest BCUT2D eigenvalue weighted by Gasteiger charge is 2.04. The normalized spacial score (nSPS) is 11.2. The van der Waals surface area contributed by atoms with E-state index in [4.69, 9.17) is 9.84 Å². The monoisotopic (exact) mass is 309 g/mol. The number of rotatable bonds is 7. The predicted octanol–water partition coefficient (Wildman–Crippen LogP) is 3.37. The summed E-state index contributed by atoms with van der Waals surface area (Å²) in [6.07, 6.45) is 3.61. The number of thiophene rings is 1. The summed E-state index contributed by atoms with van der Waals surface area (Å²) in [5.74, 6) is -0.941. The predicted molar refractivity (Wildman–Crippen MR) is 81.2 cm³/mol. The second-order valence-corrected chi connectivity index (χ2v) is 6.07. The van der Waals surface area contributed by atoms with Gasteiger partial charge in [0.15, 0.2) is 0 Å². The number of aromatic nitrogens is 1. The average Bonchev–Trinajstić information content (AvgIpc) is 3.01. The van der Waals surface area contributed by atoms with Crippen LogP contribution in [0, 0.1) is 6.92 Å². The molecule has 0 aliphatic heterocycles. The molecule has 0 fully saturated rings. The minimum absolute atomic E-state index is 0.509. The van der Waals surface area contributed by atoms with Crippen LogP contribution in [0.25, 0.3) is 6.08 Å². The summed E-state index contributed by atoms with van der Waals surface area (Å²) in [6, 6.07) is 1.90. The number of ether oxygens (including phenoxy) is 1. The zero-order valence-electron chi connectivity index (χ0n) is 11.0. The van der Waals surface area contributed by atoms with Crippen molar-refractivity contribution < 1.29 is 14.6 Å². The average molecular weight is 309 g/mol. The molecule has 0 saturated heterocycles. The molecule has 2 heterocycles. The van der Waals surface area contributed by atoms with Crippen molar-refractivity contribution in [1.82, 2.24) is 4.98 Å². The molecule has 0 spiro atoms. The number of aryl methyl sites for hydroxylation is 1. The molecule has 4 nitrogen and oxygen atoms in total. The molecule has 0 radical (unpaired) electrons. The first-order valence-corrected chi connectivity index (χ1v) is 7.87. The van der Waals surface area contributed by atoms with Gasteiger partial charge in [-0.25, -0.2) is 9.78 Å². The van der Waals surface area contributed by atoms with Crippen LogP contribution < -0.4 is 0 Å². The summed E-state index contributed by atoms with van der Waals surface area (Å²) in [5, 5.41) is 10.6. The fraction of sp³-hybridized carbons (Fsp3) is 0.286. The number of carboxylic acid groups (broad SMARTS) is 1. The van der Waals surface area contributed by atoms with E-state index >= 15 is 0 Å². The van der Waals surface area contributed by atoms with Crippen LogP contribution in [0.1, 0.15) is 21.0 Å². The fourth-order valence-electron chi connectivity index (χ4n) is 1.67. The Balaban J connectivity index is 1.81. The number of thiazole rings is 1. The van der Waals surface area contributed by atoms with Crippen LogP contribution in [-0.2, 0) is 22.6 Å². The lowest BCUT2D eigenvalue weighted by atomic mass is 10.2. The quantitative estimate of drug-likeness (QED) is 0.629. The Hall–Kier alpha value is -1.50. The van der Waals surface area contributed by atoms with E-state index in [1.54, 1.807) is 28.7 Å². The zero-order valence-corrected chi connectivity index (χ0v) is 12.7. The van der Waals surface area contributed by atoms with Crippen molar-refractivity contribution >= 4 is 34.7 Å². The van der Waals surface area contributed by atoms with Gasteiger partial charge in [0, 0.05) is 22.3 Å². The molecule has 0 saturated carbocycles. The first-order valence-electron chi connectivity index (χ1n) is 6.11. The third kappa shape index (κ3) is 4.26. The van der Waals surface area contributed by atoms with Crippen LogP contribution in [0.5, 0.6) is 0 Å². The Labute approximate surface area is 125 Å². The van der Waals surface area contributed by atoms with E-state index in [9.17, 15) is 4.79 Å². The lowest BCUT2D eigenvalue weighted by molar-refractivity contribution is -0.131. The Morgan fingerprint density at radius 1 is 1.45 bits per heavy atom. The first kappa shape index (κ1) is 14.9. The lowest BCUT2D eigenvalue weighted by Gasteiger charge is -2.03. The molecule has 1 N–H and O–H groups in total. The van der Waals surface area contributed by atoms with E-state index in [1.807, 2.05) is 23.9 Å². The zero-order chi connectivity index (χ0) is 14.4. The number of aliphatic carboxylic acids is 1. The SMILES string of the molecule is Cc1ncsc1CCOCc1sccc1C=CC(=O)O. The van der Waals surface area contributed by atoms with Crippen molar-refractivity contribution in [2.45, 2.75) is 20.0 Å². The third-order valence-electron chi connectivity index (χ3n) is 2.74. The van der Waals surface area contributed by atoms with Gasteiger partial charge in [-0.3, -0.25) is 0 Å². The van der Waals surface area contributed by atoms with Crippen molar-refractivity contribution in [2.24, 2.45) is 0 Å². The van der Waals surface area contributed by atoms with Gasteiger partial charge >= 0.3 is 5.97 Å². The van der Waals surface area contributed by atoms with E-state index in [1.165, 1.54) is 4.88 Å². The number of carboxylic acids is 1. The molecule has 2 aromatic rings. The van der Waals surface area contributed by atoms with Crippen molar-refractivity contribution in [1.29, 1.82) is 0 Å². The minimum Gasteiger partial charge on any atom is -0.478 e. The molecule has 20 heavy (non-hydrogen) atoms. The van der Waals surface area contributed by atoms with E-state index in [2.05, 4.69) is 4.98 Å². The van der Waals surface area contributed by atoms with Crippen molar-refractivity contribution in [3.63, 3.8) is 0 Å². The van der Waals surface area contributed by atoms with Gasteiger partial charge in [-0.05, 0) is 30.0 Å². The van der Waals surface area contributed by atoms with Crippen LogP contribution in [0.3, 0.4) is 0 Å². The van der Waals surface area contributed by atoms with Gasteiger partial charge in [0.1, 0.15) is 0 Å². The summed E-state index contributed by atoms with van der Waals surface area (Å²) >= 11 is 3.22. The van der Waals surface area contributed by atoms with Crippen molar-refractivity contribution in [2.75, 3.05) is 6.61 Å². The maximum atomic E-state index is 10.5. The molecule has 6 heteroatoms. The highest BCUT2D eigenvalue weighted by Crippen LogP contribution is 2.20. The molecule has 2 aromatic heterocycles. The van der Waals surface area contributed by atoms with Gasteiger partial charge in [-0.15, -0.1) is 22.7 Å². The van der Waals surface area contributed by atoms with Crippen molar-refractivity contribution in [3.8, 4) is 0 Å². The molecule has 0 aliphatic rings. The molecule has 2 rings (SSSR count). The maximum Gasteiger partial charge on any atom is 0.328 e. The fourth-order valence-corrected chi connectivity index (χ4v) is 3.24. The van der Waals surface area contributed by atoms with Gasteiger partial charge in [0.05, 0.1) is 24.4 Å². The van der Waals surface area contributed by atoms with Gasteiger partial charge in [-0.2, -0.15) is 0 Å². The largest absolute Gasteiger partial charge is 0.478 e. The van der Waals surface area contributed by atoms with E-state index in [0.717, 1.165) is 28.6 Å². The van der Waals surface area contributed by atoms with Crippen LogP contribution >= 0.6 is 22.7 Å². The van der Waals surface area contributed by atoms with E-state index in [-0.39, 0.29) is 0 Å². The molecular formula is C14H15NO3S2. The summed E-state index contributed by atoms with van der Waals surface area (Å²) in [6.45, 7) is 3.15. The van der Waals surface area contributed by atoms with Crippen LogP contribution in [0.2, 0.25) is 0 Å². The van der Waals surface area contributed by atoms with Gasteiger partial charge < -0.3 is 9.84 Å². The number of carbonyl (C=O) groups is 1. The number of hydrogen-bond donors (Lipinski definition) is 1. The second-order valence-electron chi connectivity index (χ2n) is 4.13. The molecule has 0 bridgehead atoms. The molecule has 0 unspecified atom stereocenters. The molecule has 0 aromatic carbocycles. The Bertz CT molecular complexity index is 601. The number of nitrogens with zero attached hydrogens (tertiary/aromatic N) is 1. The highest BCUT2D eigenvalue weighted by atomic mass is 32.1. The summed E-state index contributed by atoms with van der Waals surface area (Å²) in [4.78, 5) is 17.0. The van der Waals surface area contributed by atoms with Crippen LogP contribution in [0.4, 0.5) is 0 Å². The van der Waals surface area contributed by atoms with Gasteiger partial charge in [0.2, 0.25) is 0 Å². The minimum atomic E-state index is -0.941. The Morgan fingerprint density at radius 2 is 2.30 bits per heavy atom. The summed E-state index contributed by atoms with van der Waals surface area (Å²) in [7, 11) is 0. The standard InChI is InChI=1S/C14H15NO3S2/c1-10-12(20-9-15-10)4-6-18-8-13-11(5-7-19-13)2-3-14(16)17/h2-3,5,7,9H,4,6,8H2,1H3,(H,16,17). The van der Waals surface area contributed by atoms with E-state index in [0.29, 0.717) is 13.2 Å². The third-order valence-corrected chi connectivity index (χ3v) is 4.64. The van der Waals surface area contributed by atoms with Gasteiger partial charge in [-0.1, -0.05) is 0 Å². The molecule has 0 atom stereocenters. The highest BCUT2D eigenvalue weighted by molar-refractivity contribution is 7.10. The topological polar surface area (TPSA) is 59.4 Å². The smallest absolute Gasteiger partial charge is 0.328 e.